The molecule has 0 unspecified atom stereocenters. The van der Waals surface area contributed by atoms with E-state index in [1.54, 1.807) is 14.1 Å². The van der Waals surface area contributed by atoms with Gasteiger partial charge in [0.25, 0.3) is 16.7 Å². The van der Waals surface area contributed by atoms with Gasteiger partial charge >= 0.3 is 17.1 Å². The maximum absolute atomic E-state index is 11.5. The third-order valence-corrected chi connectivity index (χ3v) is 6.78. The van der Waals surface area contributed by atoms with Crippen LogP contribution >= 0.6 is 50.5 Å². The van der Waals surface area contributed by atoms with E-state index in [0.717, 1.165) is 68.9 Å². The van der Waals surface area contributed by atoms with E-state index in [-0.39, 0.29) is 16.7 Å². The lowest BCUT2D eigenvalue weighted by Crippen LogP contribution is -2.31. The van der Waals surface area contributed by atoms with Gasteiger partial charge in [-0.1, -0.05) is 11.6 Å². The number of nitrogens with zero attached hydrogens (tertiary/aromatic N) is 3. The molecule has 11 nitrogen and oxygen atoms in total. The number of aryl methyl sites for hydroxylation is 2. The first-order valence-corrected chi connectivity index (χ1v) is 16.7. The molecule has 1 aliphatic heterocycles. The van der Waals surface area contributed by atoms with Crippen molar-refractivity contribution in [2.45, 2.75) is 57.8 Å². The third-order valence-electron chi connectivity index (χ3n) is 6.48. The van der Waals surface area contributed by atoms with Crippen molar-refractivity contribution in [1.29, 1.82) is 0 Å². The molecule has 0 saturated heterocycles. The minimum Gasteiger partial charge on any atom is -0.386 e. The summed E-state index contributed by atoms with van der Waals surface area (Å²) < 4.78 is 16.5. The Morgan fingerprint density at radius 1 is 0.744 bits per heavy atom. The summed E-state index contributed by atoms with van der Waals surface area (Å²) in [6.07, 6.45) is 7.58. The predicted octanol–water partition coefficient (Wildman–Crippen LogP) is 3.85. The molecule has 3 heterocycles. The second kappa shape index (κ2) is 13.0. The third kappa shape index (κ3) is 7.95. The zero-order valence-electron chi connectivity index (χ0n) is 21.0. The quantitative estimate of drug-likeness (QED) is 0.259. The van der Waals surface area contributed by atoms with Crippen molar-refractivity contribution in [3.05, 3.63) is 69.6 Å². The van der Waals surface area contributed by atoms with Gasteiger partial charge in [-0.05, 0) is 91.5 Å². The van der Waals surface area contributed by atoms with Crippen LogP contribution in [0.5, 0.6) is 0 Å². The summed E-state index contributed by atoms with van der Waals surface area (Å²) in [5.41, 5.74) is 4.30. The van der Waals surface area contributed by atoms with Gasteiger partial charge in [-0.25, -0.2) is 14.3 Å². The number of hydrogen-bond acceptors (Lipinski definition) is 8. The average molecular weight is 642 g/mol. The van der Waals surface area contributed by atoms with Crippen molar-refractivity contribution in [3.63, 3.8) is 0 Å². The van der Waals surface area contributed by atoms with Gasteiger partial charge in [0.1, 0.15) is 0 Å². The maximum Gasteiger partial charge on any atom is 0.342 e. The lowest BCUT2D eigenvalue weighted by Gasteiger charge is -2.02. The molecule has 0 fully saturated rings. The number of carbonyl (C=O) groups excluding carboxylic acids is 2. The van der Waals surface area contributed by atoms with Gasteiger partial charge < -0.3 is 4.74 Å². The molecule has 0 radical (unpaired) electrons. The first-order valence-electron chi connectivity index (χ1n) is 11.9. The number of fused-ring (bicyclic) bond motifs is 2. The largest absolute Gasteiger partial charge is 0.386 e. The molecule has 39 heavy (non-hydrogen) atoms. The highest BCUT2D eigenvalue weighted by Gasteiger charge is 2.35. The molecule has 6 rings (SSSR count). The van der Waals surface area contributed by atoms with E-state index in [4.69, 9.17) is 11.6 Å². The fraction of sp³-hybridized carbons (Fsp3) is 0.478. The van der Waals surface area contributed by atoms with Gasteiger partial charge in [0.2, 0.25) is 0 Å². The Morgan fingerprint density at radius 3 is 1.72 bits per heavy atom. The highest BCUT2D eigenvalue weighted by atomic mass is 36.0. The van der Waals surface area contributed by atoms with Crippen molar-refractivity contribution in [3.8, 4) is 0 Å². The normalized spacial score (nSPS) is 16.7. The molecule has 0 amide bonds. The smallest absolute Gasteiger partial charge is 0.342 e. The Hall–Kier alpha value is -2.17. The molecule has 0 aromatic carbocycles. The first kappa shape index (κ1) is 31.4. The van der Waals surface area contributed by atoms with Crippen LogP contribution in [-0.2, 0) is 58.7 Å². The van der Waals surface area contributed by atoms with Gasteiger partial charge in [-0.2, -0.15) is 5.10 Å². The van der Waals surface area contributed by atoms with Gasteiger partial charge in [0.05, 0.1) is 0 Å². The Labute approximate surface area is 241 Å². The summed E-state index contributed by atoms with van der Waals surface area (Å²) in [6.45, 7) is 0. The summed E-state index contributed by atoms with van der Waals surface area (Å²) in [5.74, 6) is -0.838. The summed E-state index contributed by atoms with van der Waals surface area (Å²) in [4.78, 5) is 55.7. The van der Waals surface area contributed by atoms with E-state index in [2.05, 4.69) is 48.7 Å². The van der Waals surface area contributed by atoms with Gasteiger partial charge in [-0.15, -0.1) is 0 Å². The van der Waals surface area contributed by atoms with E-state index in [9.17, 15) is 28.5 Å². The van der Waals surface area contributed by atoms with Crippen molar-refractivity contribution in [2.75, 3.05) is 0 Å². The van der Waals surface area contributed by atoms with E-state index in [0.29, 0.717) is 27.4 Å². The molecular weight excluding hydrogens is 617 g/mol. The topological polar surface area (TPSA) is 150 Å². The van der Waals surface area contributed by atoms with Crippen molar-refractivity contribution < 1.29 is 18.9 Å². The fourth-order valence-corrected chi connectivity index (χ4v) is 5.07. The molecule has 2 aromatic rings. The number of hydrogen-bond donors (Lipinski definition) is 1. The predicted molar refractivity (Wildman–Crippen MR) is 148 cm³/mol. The van der Waals surface area contributed by atoms with Gasteiger partial charge in [0, 0.05) is 47.5 Å². The first-order chi connectivity index (χ1) is 18.2. The van der Waals surface area contributed by atoms with Crippen LogP contribution in [0.2, 0.25) is 5.15 Å². The minimum absolute atomic E-state index is 0.00639. The zero-order chi connectivity index (χ0) is 29.1. The molecule has 2 aromatic heterocycles. The Bertz CT molecular complexity index is 1540. The van der Waals surface area contributed by atoms with Gasteiger partial charge in [-0.3, -0.25) is 28.7 Å². The number of aromatic nitrogens is 4. The van der Waals surface area contributed by atoms with Crippen molar-refractivity contribution in [1.82, 2.24) is 19.6 Å². The lowest BCUT2D eigenvalue weighted by atomic mass is 10.2. The van der Waals surface area contributed by atoms with E-state index in [1.807, 2.05) is 0 Å². The van der Waals surface area contributed by atoms with Crippen molar-refractivity contribution >= 4 is 62.5 Å². The fourth-order valence-electron chi connectivity index (χ4n) is 4.75. The lowest BCUT2D eigenvalue weighted by molar-refractivity contribution is -0.151. The summed E-state index contributed by atoms with van der Waals surface area (Å²) in [7, 11) is 3.20. The zero-order valence-corrected chi connectivity index (χ0v) is 24.9. The Kier molecular flexibility index (Phi) is 10.5. The SMILES string of the molecule is Cn1[nH]c(=O)c2c(c1=O)CCC2.Cn1nc(Cl)c2c(c1=O)CCC2.O=C1OC(=O)C2=C1CCC2.O=P(Cl)(Cl)Cl. The Balaban J connectivity index is 0.000000150. The maximum atomic E-state index is 11.5. The number of carbonyl (C=O) groups is 2. The van der Waals surface area contributed by atoms with Crippen LogP contribution in [0.25, 0.3) is 0 Å². The van der Waals surface area contributed by atoms with Gasteiger partial charge in [0.15, 0.2) is 5.15 Å². The minimum atomic E-state index is -3.22. The number of nitrogens with one attached hydrogen (secondary N) is 1. The number of halogens is 4. The van der Waals surface area contributed by atoms with E-state index in [1.165, 1.54) is 9.36 Å². The molecule has 3 aliphatic carbocycles. The van der Waals surface area contributed by atoms with E-state index < -0.39 is 17.1 Å². The highest BCUT2D eigenvalue weighted by Crippen LogP contribution is 2.61. The number of esters is 2. The van der Waals surface area contributed by atoms with Crippen LogP contribution in [0.1, 0.15) is 54.4 Å². The summed E-state index contributed by atoms with van der Waals surface area (Å²) in [6, 6.07) is 0. The van der Waals surface area contributed by atoms with Crippen molar-refractivity contribution in [2.24, 2.45) is 14.1 Å². The Morgan fingerprint density at radius 2 is 1.18 bits per heavy atom. The molecule has 0 spiro atoms. The standard InChI is InChI=1S/C8H9ClN2O.C8H10N2O2.C7H6O3.Cl3OP/c1-11-8(12)6-4-2-3-5(6)7(9)10-11;1-10-8(12)6-4-2-3-5(6)7(11)9-10;8-6-4-2-1-3-5(4)7(9)10-6;1-5(2,3)4/h2-4H2,1H3;2-4H2,1H3,(H,9,11);1-3H2;. The molecule has 212 valence electrons. The van der Waals surface area contributed by atoms with Crippen LogP contribution in [-0.4, -0.2) is 31.5 Å². The molecule has 1 N–H and O–H groups in total. The summed E-state index contributed by atoms with van der Waals surface area (Å²) in [5, 5.41) is 3.67. The number of H-pyrrole nitrogens is 1. The molecular formula is C23H25Cl4N4O7P. The number of aromatic amines is 1. The van der Waals surface area contributed by atoms with Crippen LogP contribution < -0.4 is 16.7 Å². The second-order valence-corrected chi connectivity index (χ2v) is 16.0. The number of rotatable bonds is 0. The van der Waals surface area contributed by atoms with Crippen LogP contribution in [0.15, 0.2) is 25.5 Å². The monoisotopic (exact) mass is 640 g/mol. The van der Waals surface area contributed by atoms with Crippen LogP contribution in [0.4, 0.5) is 0 Å². The molecule has 0 saturated carbocycles. The molecule has 0 bridgehead atoms. The highest BCUT2D eigenvalue weighted by molar-refractivity contribution is 8.24. The molecule has 0 atom stereocenters. The van der Waals surface area contributed by atoms with E-state index >= 15 is 0 Å². The molecule has 16 heteroatoms. The van der Waals surface area contributed by atoms with Crippen LogP contribution in [0.3, 0.4) is 0 Å². The number of ether oxygens (including phenoxy) is 1. The number of cyclic esters (lactones) is 2. The molecule has 4 aliphatic rings. The average Bonchev–Trinajstić information content (AvgIpc) is 3.62. The second-order valence-electron chi connectivity index (χ2n) is 9.03. The van der Waals surface area contributed by atoms with Crippen LogP contribution in [0, 0.1) is 0 Å². The summed E-state index contributed by atoms with van der Waals surface area (Å²) >= 11 is 19.7.